The van der Waals surface area contributed by atoms with E-state index in [1.165, 1.54) is 10.5 Å². The van der Waals surface area contributed by atoms with Crippen molar-refractivity contribution in [3.8, 4) is 0 Å². The lowest BCUT2D eigenvalue weighted by Gasteiger charge is -2.19. The molecule has 0 aromatic heterocycles. The minimum Gasteiger partial charge on any atom is -0.375 e. The summed E-state index contributed by atoms with van der Waals surface area (Å²) < 4.78 is 5.71. The van der Waals surface area contributed by atoms with Crippen molar-refractivity contribution >= 4 is 11.8 Å². The van der Waals surface area contributed by atoms with Gasteiger partial charge in [-0.25, -0.2) is 0 Å². The molecule has 0 saturated carbocycles. The second-order valence-corrected chi connectivity index (χ2v) is 6.41. The van der Waals surface area contributed by atoms with Crippen LogP contribution in [0, 0.1) is 0 Å². The first kappa shape index (κ1) is 15.5. The van der Waals surface area contributed by atoms with E-state index in [9.17, 15) is 0 Å². The third-order valence-corrected chi connectivity index (χ3v) is 3.32. The van der Waals surface area contributed by atoms with Crippen LogP contribution in [-0.2, 0) is 11.3 Å². The highest BCUT2D eigenvalue weighted by atomic mass is 32.2. The van der Waals surface area contributed by atoms with Crippen LogP contribution >= 0.6 is 11.8 Å². The molecule has 0 amide bonds. The Bertz CT molecular complexity index is 347. The second-order valence-electron chi connectivity index (χ2n) is 5.24. The summed E-state index contributed by atoms with van der Waals surface area (Å²) in [6.07, 6.45) is 0. The van der Waals surface area contributed by atoms with E-state index in [4.69, 9.17) is 4.74 Å². The Morgan fingerprint density at radius 1 is 1.28 bits per heavy atom. The van der Waals surface area contributed by atoms with E-state index in [0.717, 1.165) is 25.4 Å². The Kier molecular flexibility index (Phi) is 6.76. The fourth-order valence-corrected chi connectivity index (χ4v) is 2.33. The molecule has 0 heterocycles. The number of hydrogen-bond acceptors (Lipinski definition) is 3. The highest BCUT2D eigenvalue weighted by Gasteiger charge is 2.09. The fraction of sp³-hybridized carbons (Fsp3) is 0.600. The lowest BCUT2D eigenvalue weighted by molar-refractivity contribution is 0.00695. The third-order valence-electron chi connectivity index (χ3n) is 2.36. The van der Waals surface area contributed by atoms with E-state index in [-0.39, 0.29) is 5.60 Å². The number of nitrogens with one attached hydrogen (secondary N) is 1. The molecule has 0 fully saturated rings. The number of benzene rings is 1. The van der Waals surface area contributed by atoms with Gasteiger partial charge in [-0.05, 0) is 45.0 Å². The molecule has 1 rings (SSSR count). The first-order valence-electron chi connectivity index (χ1n) is 6.57. The largest absolute Gasteiger partial charge is 0.375 e. The van der Waals surface area contributed by atoms with Crippen molar-refractivity contribution in [2.24, 2.45) is 0 Å². The van der Waals surface area contributed by atoms with Gasteiger partial charge in [0.25, 0.3) is 0 Å². The van der Waals surface area contributed by atoms with Crippen molar-refractivity contribution in [1.82, 2.24) is 5.32 Å². The quantitative estimate of drug-likeness (QED) is 0.601. The van der Waals surface area contributed by atoms with E-state index in [2.05, 4.69) is 57.3 Å². The summed E-state index contributed by atoms with van der Waals surface area (Å²) in [6, 6.07) is 8.71. The number of thioether (sulfide) groups is 1. The number of rotatable bonds is 7. The molecule has 18 heavy (non-hydrogen) atoms. The average Bonchev–Trinajstić information content (AvgIpc) is 2.31. The van der Waals surface area contributed by atoms with Gasteiger partial charge in [-0.15, -0.1) is 11.8 Å². The Balaban J connectivity index is 2.33. The molecule has 0 unspecified atom stereocenters. The molecule has 102 valence electrons. The Morgan fingerprint density at radius 3 is 2.72 bits per heavy atom. The van der Waals surface area contributed by atoms with Gasteiger partial charge in [-0.2, -0.15) is 0 Å². The first-order chi connectivity index (χ1) is 8.51. The van der Waals surface area contributed by atoms with Crippen LogP contribution in [0.5, 0.6) is 0 Å². The van der Waals surface area contributed by atoms with Crippen LogP contribution in [0.1, 0.15) is 33.3 Å². The maximum Gasteiger partial charge on any atom is 0.0598 e. The maximum atomic E-state index is 5.71. The predicted molar refractivity (Wildman–Crippen MR) is 80.3 cm³/mol. The van der Waals surface area contributed by atoms with Crippen LogP contribution in [0.2, 0.25) is 0 Å². The average molecular weight is 267 g/mol. The third kappa shape index (κ3) is 7.04. The Morgan fingerprint density at radius 2 is 2.06 bits per heavy atom. The van der Waals surface area contributed by atoms with Gasteiger partial charge in [0, 0.05) is 17.2 Å². The zero-order chi connectivity index (χ0) is 13.4. The molecule has 1 N–H and O–H groups in total. The molecule has 0 aliphatic rings. The van der Waals surface area contributed by atoms with Crippen molar-refractivity contribution in [3.05, 3.63) is 29.8 Å². The van der Waals surface area contributed by atoms with Gasteiger partial charge in [0.2, 0.25) is 0 Å². The monoisotopic (exact) mass is 267 g/mol. The molecule has 0 radical (unpaired) electrons. The van der Waals surface area contributed by atoms with Gasteiger partial charge in [-0.1, -0.05) is 19.1 Å². The molecule has 0 atom stereocenters. The van der Waals surface area contributed by atoms with Gasteiger partial charge in [0.15, 0.2) is 0 Å². The summed E-state index contributed by atoms with van der Waals surface area (Å²) in [5.74, 6) is 1.00. The molecular formula is C15H25NOS. The molecule has 2 nitrogen and oxygen atoms in total. The highest BCUT2D eigenvalue weighted by Crippen LogP contribution is 2.19. The van der Waals surface area contributed by atoms with E-state index in [1.54, 1.807) is 0 Å². The van der Waals surface area contributed by atoms with Gasteiger partial charge >= 0.3 is 0 Å². The van der Waals surface area contributed by atoms with E-state index in [0.29, 0.717) is 0 Å². The van der Waals surface area contributed by atoms with Gasteiger partial charge in [0.05, 0.1) is 12.2 Å². The summed E-state index contributed by atoms with van der Waals surface area (Å²) >= 11 is 1.86. The summed E-state index contributed by atoms with van der Waals surface area (Å²) in [7, 11) is 0. The first-order valence-corrected chi connectivity index (χ1v) is 7.56. The Labute approximate surface area is 116 Å². The smallest absolute Gasteiger partial charge is 0.0598 e. The van der Waals surface area contributed by atoms with Crippen molar-refractivity contribution < 1.29 is 4.74 Å². The number of hydrogen-bond donors (Lipinski definition) is 1. The summed E-state index contributed by atoms with van der Waals surface area (Å²) in [6.45, 7) is 11.2. The zero-order valence-electron chi connectivity index (χ0n) is 12.0. The van der Waals surface area contributed by atoms with Crippen molar-refractivity contribution in [1.29, 1.82) is 0 Å². The molecule has 0 spiro atoms. The predicted octanol–water partition coefficient (Wildman–Crippen LogP) is 3.70. The highest BCUT2D eigenvalue weighted by molar-refractivity contribution is 7.99. The molecular weight excluding hydrogens is 242 g/mol. The van der Waals surface area contributed by atoms with Crippen LogP contribution in [0.15, 0.2) is 29.2 Å². The molecule has 0 bridgehead atoms. The van der Waals surface area contributed by atoms with Gasteiger partial charge in [0.1, 0.15) is 0 Å². The minimum absolute atomic E-state index is 0.0343. The SMILES string of the molecule is CCNCc1cccc(SCCOC(C)(C)C)c1. The van der Waals surface area contributed by atoms with Crippen LogP contribution in [0.4, 0.5) is 0 Å². The number of ether oxygens (including phenoxy) is 1. The minimum atomic E-state index is -0.0343. The van der Waals surface area contributed by atoms with Gasteiger partial charge < -0.3 is 10.1 Å². The molecule has 1 aromatic carbocycles. The van der Waals surface area contributed by atoms with Crippen LogP contribution in [-0.4, -0.2) is 24.5 Å². The van der Waals surface area contributed by atoms with Gasteiger partial charge in [-0.3, -0.25) is 0 Å². The van der Waals surface area contributed by atoms with E-state index < -0.39 is 0 Å². The molecule has 0 aliphatic carbocycles. The summed E-state index contributed by atoms with van der Waals surface area (Å²) in [4.78, 5) is 1.32. The van der Waals surface area contributed by atoms with E-state index in [1.807, 2.05) is 11.8 Å². The second kappa shape index (κ2) is 7.82. The molecule has 3 heteroatoms. The molecule has 0 saturated heterocycles. The Hall–Kier alpha value is -0.510. The van der Waals surface area contributed by atoms with E-state index >= 15 is 0 Å². The molecule has 1 aromatic rings. The lowest BCUT2D eigenvalue weighted by atomic mass is 10.2. The van der Waals surface area contributed by atoms with Crippen LogP contribution in [0.3, 0.4) is 0 Å². The maximum absolute atomic E-state index is 5.71. The van der Waals surface area contributed by atoms with Crippen molar-refractivity contribution in [3.63, 3.8) is 0 Å². The normalized spacial score (nSPS) is 11.8. The molecule has 0 aliphatic heterocycles. The fourth-order valence-electron chi connectivity index (χ4n) is 1.52. The summed E-state index contributed by atoms with van der Waals surface area (Å²) in [5, 5.41) is 3.34. The topological polar surface area (TPSA) is 21.3 Å². The van der Waals surface area contributed by atoms with Crippen molar-refractivity contribution in [2.45, 2.75) is 44.7 Å². The van der Waals surface area contributed by atoms with Crippen molar-refractivity contribution in [2.75, 3.05) is 18.9 Å². The standard InChI is InChI=1S/C15H25NOS/c1-5-16-12-13-7-6-8-14(11-13)18-10-9-17-15(2,3)4/h6-8,11,16H,5,9-10,12H2,1-4H3. The van der Waals surface area contributed by atoms with Crippen LogP contribution < -0.4 is 5.32 Å². The zero-order valence-corrected chi connectivity index (χ0v) is 12.8. The summed E-state index contributed by atoms with van der Waals surface area (Å²) in [5.41, 5.74) is 1.31. The lowest BCUT2D eigenvalue weighted by Crippen LogP contribution is -2.20. The van der Waals surface area contributed by atoms with Crippen LogP contribution in [0.25, 0.3) is 0 Å².